The lowest BCUT2D eigenvalue weighted by Crippen LogP contribution is -2.34. The molecule has 5 heteroatoms. The zero-order chi connectivity index (χ0) is 28.8. The van der Waals surface area contributed by atoms with Gasteiger partial charge in [-0.3, -0.25) is 0 Å². The van der Waals surface area contributed by atoms with Gasteiger partial charge in [-0.2, -0.15) is 0 Å². The van der Waals surface area contributed by atoms with Crippen LogP contribution in [0.3, 0.4) is 0 Å². The Labute approximate surface area is 246 Å². The van der Waals surface area contributed by atoms with Crippen LogP contribution in [0.15, 0.2) is 115 Å². The highest BCUT2D eigenvalue weighted by atomic mass is 31.2. The molecule has 6 aromatic rings. The van der Waals surface area contributed by atoms with Gasteiger partial charge in [0.15, 0.2) is 24.6 Å². The summed E-state index contributed by atoms with van der Waals surface area (Å²) in [5.74, 6) is 1.83. The molecule has 0 unspecified atom stereocenters. The maximum Gasteiger partial charge on any atom is 0.171 e. The standard InChI is InChI=1S/C37H30N3OP/c1-24-9-13-28(14-10-24)36-38-35(27-7-5-4-6-8-27)39-37(40-36)29-17-19-32(20-18-29)42(41)33-21-25(2)11-15-30(33)23-31-16-12-26(3)22-34(31)42/h4-22H,23H2,1-3H3. The summed E-state index contributed by atoms with van der Waals surface area (Å²) < 4.78 is 15.3. The molecule has 0 aliphatic carbocycles. The highest BCUT2D eigenvalue weighted by molar-refractivity contribution is 7.85. The number of rotatable bonds is 4. The van der Waals surface area contributed by atoms with E-state index in [1.165, 1.54) is 5.56 Å². The van der Waals surface area contributed by atoms with E-state index in [9.17, 15) is 0 Å². The summed E-state index contributed by atoms with van der Waals surface area (Å²) >= 11 is 0. The Hall–Kier alpha value is -4.66. The van der Waals surface area contributed by atoms with E-state index >= 15 is 4.57 Å². The van der Waals surface area contributed by atoms with Crippen LogP contribution in [0.4, 0.5) is 0 Å². The maximum atomic E-state index is 15.3. The van der Waals surface area contributed by atoms with Crippen LogP contribution in [0.5, 0.6) is 0 Å². The number of hydrogen-bond donors (Lipinski definition) is 0. The third kappa shape index (κ3) is 4.58. The van der Waals surface area contributed by atoms with Gasteiger partial charge < -0.3 is 4.57 Å². The Kier molecular flexibility index (Phi) is 6.45. The Morgan fingerprint density at radius 2 is 0.929 bits per heavy atom. The van der Waals surface area contributed by atoms with E-state index in [4.69, 9.17) is 15.0 Å². The summed E-state index contributed by atoms with van der Waals surface area (Å²) in [6, 6.07) is 38.9. The van der Waals surface area contributed by atoms with Gasteiger partial charge in [0.25, 0.3) is 0 Å². The molecule has 0 bridgehead atoms. The Morgan fingerprint density at radius 3 is 1.43 bits per heavy atom. The van der Waals surface area contributed by atoms with Crippen LogP contribution in [0.2, 0.25) is 0 Å². The molecule has 5 aromatic carbocycles. The van der Waals surface area contributed by atoms with E-state index in [1.54, 1.807) is 0 Å². The van der Waals surface area contributed by atoms with Crippen molar-refractivity contribution < 1.29 is 4.57 Å². The highest BCUT2D eigenvalue weighted by Gasteiger charge is 2.37. The van der Waals surface area contributed by atoms with Gasteiger partial charge in [0.2, 0.25) is 0 Å². The maximum absolute atomic E-state index is 15.3. The molecule has 204 valence electrons. The summed E-state index contributed by atoms with van der Waals surface area (Å²) in [5, 5.41) is 2.71. The second-order valence-corrected chi connectivity index (χ2v) is 13.8. The number of benzene rings is 5. The molecular formula is C37H30N3OP. The van der Waals surface area contributed by atoms with E-state index in [2.05, 4.69) is 69.3 Å². The first-order valence-electron chi connectivity index (χ1n) is 14.2. The van der Waals surface area contributed by atoms with Crippen molar-refractivity contribution in [3.63, 3.8) is 0 Å². The summed E-state index contributed by atoms with van der Waals surface area (Å²) in [4.78, 5) is 14.6. The van der Waals surface area contributed by atoms with E-state index in [1.807, 2.05) is 66.7 Å². The summed E-state index contributed by atoms with van der Waals surface area (Å²) in [6.07, 6.45) is 0.794. The largest absolute Gasteiger partial charge is 0.309 e. The lowest BCUT2D eigenvalue weighted by Gasteiger charge is -2.30. The predicted octanol–water partition coefficient (Wildman–Crippen LogP) is 7.34. The van der Waals surface area contributed by atoms with Gasteiger partial charge in [-0.15, -0.1) is 0 Å². The molecule has 2 heterocycles. The molecule has 0 spiro atoms. The molecule has 42 heavy (non-hydrogen) atoms. The number of fused-ring (bicyclic) bond motifs is 2. The number of hydrogen-bond acceptors (Lipinski definition) is 4. The third-order valence-electron chi connectivity index (χ3n) is 8.01. The minimum atomic E-state index is -3.08. The van der Waals surface area contributed by atoms with Gasteiger partial charge in [0.05, 0.1) is 0 Å². The molecule has 0 atom stereocenters. The van der Waals surface area contributed by atoms with Gasteiger partial charge in [-0.25, -0.2) is 15.0 Å². The van der Waals surface area contributed by atoms with Crippen molar-refractivity contribution in [1.29, 1.82) is 0 Å². The molecular weight excluding hydrogens is 533 g/mol. The fourth-order valence-electron chi connectivity index (χ4n) is 5.72. The zero-order valence-electron chi connectivity index (χ0n) is 23.9. The second kappa shape index (κ2) is 10.3. The molecule has 0 radical (unpaired) electrons. The molecule has 1 aliphatic rings. The van der Waals surface area contributed by atoms with Gasteiger partial charge in [0, 0.05) is 32.6 Å². The van der Waals surface area contributed by atoms with Crippen molar-refractivity contribution in [2.45, 2.75) is 27.2 Å². The molecule has 0 saturated heterocycles. The number of nitrogens with zero attached hydrogens (tertiary/aromatic N) is 3. The second-order valence-electron chi connectivity index (χ2n) is 11.1. The first-order chi connectivity index (χ1) is 20.4. The third-order valence-corrected chi connectivity index (χ3v) is 11.2. The van der Waals surface area contributed by atoms with E-state index in [-0.39, 0.29) is 0 Å². The summed E-state index contributed by atoms with van der Waals surface area (Å²) in [5.41, 5.74) is 8.39. The normalized spacial score (nSPS) is 13.3. The first-order valence-corrected chi connectivity index (χ1v) is 15.9. The van der Waals surface area contributed by atoms with Crippen molar-refractivity contribution in [1.82, 2.24) is 15.0 Å². The average Bonchev–Trinajstić information content (AvgIpc) is 3.02. The number of aromatic nitrogens is 3. The predicted molar refractivity (Wildman–Crippen MR) is 173 cm³/mol. The van der Waals surface area contributed by atoms with Crippen molar-refractivity contribution in [3.05, 3.63) is 143 Å². The molecule has 1 aliphatic heterocycles. The minimum Gasteiger partial charge on any atom is -0.309 e. The van der Waals surface area contributed by atoms with Crippen molar-refractivity contribution in [2.75, 3.05) is 0 Å². The van der Waals surface area contributed by atoms with Crippen LogP contribution >= 0.6 is 7.14 Å². The van der Waals surface area contributed by atoms with E-state index in [0.717, 1.165) is 61.3 Å². The quantitative estimate of drug-likeness (QED) is 0.210. The molecule has 4 nitrogen and oxygen atoms in total. The monoisotopic (exact) mass is 563 g/mol. The smallest absolute Gasteiger partial charge is 0.171 e. The first kappa shape index (κ1) is 26.3. The van der Waals surface area contributed by atoms with E-state index in [0.29, 0.717) is 17.5 Å². The highest BCUT2D eigenvalue weighted by Crippen LogP contribution is 2.48. The lowest BCUT2D eigenvalue weighted by molar-refractivity contribution is 0.592. The van der Waals surface area contributed by atoms with Crippen molar-refractivity contribution in [3.8, 4) is 34.2 Å². The molecule has 0 N–H and O–H groups in total. The van der Waals surface area contributed by atoms with Crippen LogP contribution in [-0.2, 0) is 11.0 Å². The van der Waals surface area contributed by atoms with Crippen LogP contribution in [0, 0.1) is 20.8 Å². The Balaban J connectivity index is 1.37. The topological polar surface area (TPSA) is 55.7 Å². The molecule has 7 rings (SSSR count). The average molecular weight is 564 g/mol. The zero-order valence-corrected chi connectivity index (χ0v) is 24.8. The molecule has 0 saturated carbocycles. The van der Waals surface area contributed by atoms with Crippen molar-refractivity contribution >= 4 is 23.1 Å². The Bertz CT molecular complexity index is 1940. The van der Waals surface area contributed by atoms with Crippen molar-refractivity contribution in [2.24, 2.45) is 0 Å². The minimum absolute atomic E-state index is 0.584. The number of aryl methyl sites for hydroxylation is 3. The Morgan fingerprint density at radius 1 is 0.500 bits per heavy atom. The van der Waals surface area contributed by atoms with E-state index < -0.39 is 7.14 Å². The SMILES string of the molecule is Cc1ccc(-c2nc(-c3ccccc3)nc(-c3ccc(P4(=O)c5cc(C)ccc5Cc5ccc(C)cc54)cc3)n2)cc1. The van der Waals surface area contributed by atoms with Crippen LogP contribution in [-0.4, -0.2) is 15.0 Å². The molecule has 0 amide bonds. The molecule has 0 fully saturated rings. The van der Waals surface area contributed by atoms with Crippen LogP contribution < -0.4 is 15.9 Å². The lowest BCUT2D eigenvalue weighted by atomic mass is 10.0. The van der Waals surface area contributed by atoms with Gasteiger partial charge in [0.1, 0.15) is 0 Å². The van der Waals surface area contributed by atoms with Gasteiger partial charge in [-0.05, 0) is 50.5 Å². The summed E-state index contributed by atoms with van der Waals surface area (Å²) in [6.45, 7) is 6.20. The van der Waals surface area contributed by atoms with Gasteiger partial charge >= 0.3 is 0 Å². The van der Waals surface area contributed by atoms with Gasteiger partial charge in [-0.1, -0.05) is 120 Å². The van der Waals surface area contributed by atoms with Crippen LogP contribution in [0.1, 0.15) is 27.8 Å². The fraction of sp³-hybridized carbons (Fsp3) is 0.108. The van der Waals surface area contributed by atoms with Crippen LogP contribution in [0.25, 0.3) is 34.2 Å². The molecule has 1 aromatic heterocycles. The summed E-state index contributed by atoms with van der Waals surface area (Å²) in [7, 11) is -3.08. The fourth-order valence-corrected chi connectivity index (χ4v) is 8.99.